The first-order valence-electron chi connectivity index (χ1n) is 5.83. The number of aromatic nitrogens is 2. The summed E-state index contributed by atoms with van der Waals surface area (Å²) in [7, 11) is 0. The van der Waals surface area contributed by atoms with E-state index in [1.165, 1.54) is 5.52 Å². The largest absolute Gasteiger partial charge is 0.353 e. The van der Waals surface area contributed by atoms with Crippen LogP contribution in [0, 0.1) is 0 Å². The van der Waals surface area contributed by atoms with Crippen molar-refractivity contribution in [2.75, 3.05) is 5.32 Å². The van der Waals surface area contributed by atoms with Gasteiger partial charge in [-0.1, -0.05) is 12.1 Å². The Balaban J connectivity index is 2.58. The van der Waals surface area contributed by atoms with Gasteiger partial charge in [-0.25, -0.2) is 4.98 Å². The third kappa shape index (κ3) is 1.90. The lowest BCUT2D eigenvalue weighted by Crippen LogP contribution is -2.15. The molecule has 2 aromatic rings. The molecule has 3 nitrogen and oxygen atoms in total. The molecule has 0 bridgehead atoms. The van der Waals surface area contributed by atoms with Gasteiger partial charge in [-0.3, -0.25) is 0 Å². The number of hydrogen-bond acceptors (Lipinski definition) is 2. The van der Waals surface area contributed by atoms with Crippen LogP contribution in [-0.2, 0) is 0 Å². The topological polar surface area (TPSA) is 29.9 Å². The number of hydrogen-bond donors (Lipinski definition) is 1. The van der Waals surface area contributed by atoms with Gasteiger partial charge in [-0.15, -0.1) is 0 Å². The lowest BCUT2D eigenvalue weighted by molar-refractivity contribution is 0.618. The maximum atomic E-state index is 4.63. The molecule has 0 saturated heterocycles. The number of para-hydroxylation sites is 2. The van der Waals surface area contributed by atoms with E-state index < -0.39 is 0 Å². The molecule has 0 spiro atoms. The first-order valence-corrected chi connectivity index (χ1v) is 5.83. The molecule has 0 aliphatic rings. The van der Waals surface area contributed by atoms with E-state index in [0.717, 1.165) is 11.5 Å². The van der Waals surface area contributed by atoms with Crippen LogP contribution in [0.25, 0.3) is 11.0 Å². The first kappa shape index (κ1) is 11.0. The van der Waals surface area contributed by atoms with E-state index in [1.807, 2.05) is 6.07 Å². The number of nitrogens with one attached hydrogen (secondary N) is 1. The average Bonchev–Trinajstić information content (AvgIpc) is 2.53. The molecule has 0 atom stereocenters. The fourth-order valence-corrected chi connectivity index (χ4v) is 1.93. The average molecular weight is 217 g/mol. The van der Waals surface area contributed by atoms with Crippen LogP contribution in [-0.4, -0.2) is 15.6 Å². The third-order valence-electron chi connectivity index (χ3n) is 2.53. The summed E-state index contributed by atoms with van der Waals surface area (Å²) in [5.41, 5.74) is 2.25. The SMILES string of the molecule is CC(C)Nc1nc2ccccc2n1C(C)C. The standard InChI is InChI=1S/C13H19N3/c1-9(2)14-13-15-11-7-5-6-8-12(11)16(13)10(3)4/h5-10H,1-4H3,(H,14,15). The van der Waals surface area contributed by atoms with Crippen LogP contribution in [0.2, 0.25) is 0 Å². The van der Waals surface area contributed by atoms with E-state index >= 15 is 0 Å². The van der Waals surface area contributed by atoms with Crippen molar-refractivity contribution >= 4 is 17.0 Å². The molecule has 1 aromatic heterocycles. The van der Waals surface area contributed by atoms with Crippen molar-refractivity contribution in [2.24, 2.45) is 0 Å². The predicted octanol–water partition coefficient (Wildman–Crippen LogP) is 3.44. The smallest absolute Gasteiger partial charge is 0.204 e. The lowest BCUT2D eigenvalue weighted by Gasteiger charge is -2.15. The van der Waals surface area contributed by atoms with Gasteiger partial charge in [-0.05, 0) is 39.8 Å². The van der Waals surface area contributed by atoms with Gasteiger partial charge in [0.25, 0.3) is 0 Å². The van der Waals surface area contributed by atoms with E-state index in [-0.39, 0.29) is 0 Å². The second kappa shape index (κ2) is 4.16. The monoisotopic (exact) mass is 217 g/mol. The van der Waals surface area contributed by atoms with Gasteiger partial charge in [0.15, 0.2) is 0 Å². The molecule has 1 heterocycles. The molecular formula is C13H19N3. The van der Waals surface area contributed by atoms with Crippen molar-refractivity contribution < 1.29 is 0 Å². The minimum atomic E-state index is 0.398. The van der Waals surface area contributed by atoms with Crippen LogP contribution in [0.4, 0.5) is 5.95 Å². The second-order valence-electron chi connectivity index (χ2n) is 4.69. The number of imidazole rings is 1. The summed E-state index contributed by atoms with van der Waals surface area (Å²) in [6, 6.07) is 9.07. The molecule has 2 rings (SSSR count). The van der Waals surface area contributed by atoms with Gasteiger partial charge in [0.2, 0.25) is 5.95 Å². The molecular weight excluding hydrogens is 198 g/mol. The van der Waals surface area contributed by atoms with Gasteiger partial charge < -0.3 is 9.88 Å². The zero-order valence-electron chi connectivity index (χ0n) is 10.4. The summed E-state index contributed by atoms with van der Waals surface area (Å²) in [5.74, 6) is 0.964. The van der Waals surface area contributed by atoms with Gasteiger partial charge in [-0.2, -0.15) is 0 Å². The predicted molar refractivity (Wildman–Crippen MR) is 68.9 cm³/mol. The highest BCUT2D eigenvalue weighted by Crippen LogP contribution is 2.24. The molecule has 0 aliphatic carbocycles. The van der Waals surface area contributed by atoms with Gasteiger partial charge >= 0.3 is 0 Å². The zero-order chi connectivity index (χ0) is 11.7. The van der Waals surface area contributed by atoms with E-state index in [1.54, 1.807) is 0 Å². The Morgan fingerprint density at radius 1 is 1.12 bits per heavy atom. The summed E-state index contributed by atoms with van der Waals surface area (Å²) in [4.78, 5) is 4.63. The number of fused-ring (bicyclic) bond motifs is 1. The van der Waals surface area contributed by atoms with Crippen LogP contribution >= 0.6 is 0 Å². The van der Waals surface area contributed by atoms with Crippen LogP contribution < -0.4 is 5.32 Å². The number of benzene rings is 1. The maximum absolute atomic E-state index is 4.63. The Hall–Kier alpha value is -1.51. The van der Waals surface area contributed by atoms with E-state index in [2.05, 4.69) is 60.8 Å². The van der Waals surface area contributed by atoms with E-state index in [0.29, 0.717) is 12.1 Å². The van der Waals surface area contributed by atoms with Crippen molar-refractivity contribution in [2.45, 2.75) is 39.8 Å². The highest BCUT2D eigenvalue weighted by molar-refractivity contribution is 5.78. The minimum Gasteiger partial charge on any atom is -0.353 e. The molecule has 1 N–H and O–H groups in total. The minimum absolute atomic E-state index is 0.398. The summed E-state index contributed by atoms with van der Waals surface area (Å²) < 4.78 is 2.25. The molecule has 0 amide bonds. The van der Waals surface area contributed by atoms with Crippen molar-refractivity contribution in [3.8, 4) is 0 Å². The Kier molecular flexibility index (Phi) is 2.86. The molecule has 3 heteroatoms. The quantitative estimate of drug-likeness (QED) is 0.853. The van der Waals surface area contributed by atoms with Crippen molar-refractivity contribution in [1.82, 2.24) is 9.55 Å². The molecule has 1 aromatic carbocycles. The molecule has 0 saturated carbocycles. The number of nitrogens with zero attached hydrogens (tertiary/aromatic N) is 2. The highest BCUT2D eigenvalue weighted by Gasteiger charge is 2.12. The maximum Gasteiger partial charge on any atom is 0.204 e. The highest BCUT2D eigenvalue weighted by atomic mass is 15.2. The molecule has 0 radical (unpaired) electrons. The fraction of sp³-hybridized carbons (Fsp3) is 0.462. The molecule has 86 valence electrons. The van der Waals surface area contributed by atoms with Crippen LogP contribution in [0.3, 0.4) is 0 Å². The Morgan fingerprint density at radius 3 is 2.44 bits per heavy atom. The Labute approximate surface area is 96.5 Å². The Bertz CT molecular complexity index is 483. The first-order chi connectivity index (χ1) is 7.59. The normalized spacial score (nSPS) is 11.6. The van der Waals surface area contributed by atoms with Crippen LogP contribution in [0.15, 0.2) is 24.3 Å². The van der Waals surface area contributed by atoms with Crippen molar-refractivity contribution in [3.05, 3.63) is 24.3 Å². The Morgan fingerprint density at radius 2 is 1.81 bits per heavy atom. The lowest BCUT2D eigenvalue weighted by atomic mass is 10.3. The number of rotatable bonds is 3. The summed E-state index contributed by atoms with van der Waals surface area (Å²) in [5, 5.41) is 3.40. The van der Waals surface area contributed by atoms with Gasteiger partial charge in [0.05, 0.1) is 11.0 Å². The number of anilines is 1. The second-order valence-corrected chi connectivity index (χ2v) is 4.69. The zero-order valence-corrected chi connectivity index (χ0v) is 10.4. The summed E-state index contributed by atoms with van der Waals surface area (Å²) >= 11 is 0. The van der Waals surface area contributed by atoms with Crippen LogP contribution in [0.5, 0.6) is 0 Å². The summed E-state index contributed by atoms with van der Waals surface area (Å²) in [6.45, 7) is 8.62. The third-order valence-corrected chi connectivity index (χ3v) is 2.53. The van der Waals surface area contributed by atoms with E-state index in [9.17, 15) is 0 Å². The molecule has 0 aliphatic heterocycles. The van der Waals surface area contributed by atoms with Gasteiger partial charge in [0, 0.05) is 12.1 Å². The molecule has 0 unspecified atom stereocenters. The van der Waals surface area contributed by atoms with Crippen molar-refractivity contribution in [3.63, 3.8) is 0 Å². The fourth-order valence-electron chi connectivity index (χ4n) is 1.93. The molecule has 16 heavy (non-hydrogen) atoms. The molecule has 0 fully saturated rings. The van der Waals surface area contributed by atoms with Crippen LogP contribution in [0.1, 0.15) is 33.7 Å². The van der Waals surface area contributed by atoms with E-state index in [4.69, 9.17) is 0 Å². The van der Waals surface area contributed by atoms with Gasteiger partial charge in [0.1, 0.15) is 0 Å². The summed E-state index contributed by atoms with van der Waals surface area (Å²) in [6.07, 6.45) is 0. The van der Waals surface area contributed by atoms with Crippen molar-refractivity contribution in [1.29, 1.82) is 0 Å².